The lowest BCUT2D eigenvalue weighted by Gasteiger charge is -2.12. The molecule has 1 aliphatic rings. The lowest BCUT2D eigenvalue weighted by Crippen LogP contribution is -2.12. The van der Waals surface area contributed by atoms with E-state index in [9.17, 15) is 9.18 Å². The number of rotatable bonds is 6. The molecule has 23 heavy (non-hydrogen) atoms. The highest BCUT2D eigenvalue weighted by molar-refractivity contribution is 5.98. The second-order valence-electron chi connectivity index (χ2n) is 5.49. The molecule has 7 nitrogen and oxygen atoms in total. The molecule has 1 atom stereocenters. The first-order valence-corrected chi connectivity index (χ1v) is 7.23. The Balaban J connectivity index is 1.92. The number of aromatic nitrogens is 3. The first-order chi connectivity index (χ1) is 11.1. The highest BCUT2D eigenvalue weighted by Gasteiger charge is 2.33. The number of nitrogens with one attached hydrogen (secondary N) is 1. The molecule has 118 valence electrons. The molecule has 2 heterocycles. The van der Waals surface area contributed by atoms with E-state index in [-0.39, 0.29) is 17.4 Å². The van der Waals surface area contributed by atoms with Gasteiger partial charge in [-0.05, 0) is 24.8 Å². The van der Waals surface area contributed by atoms with Crippen molar-refractivity contribution in [3.05, 3.63) is 36.0 Å². The number of amides is 1. The number of nitrogens with two attached hydrogens (primary N) is 1. The Bertz CT molecular complexity index is 777. The fourth-order valence-electron chi connectivity index (χ4n) is 2.50. The molecule has 2 aromatic heterocycles. The number of halogens is 1. The van der Waals surface area contributed by atoms with Gasteiger partial charge in [0, 0.05) is 24.1 Å². The number of primary amides is 1. The van der Waals surface area contributed by atoms with Gasteiger partial charge in [-0.2, -0.15) is 14.8 Å². The SMILES string of the molecule is N#CC[C@H](C1CC1)n1cc(C(N)=O)c(Nc2ccnc(F)c2)n1. The third-order valence-electron chi connectivity index (χ3n) is 3.79. The number of anilines is 2. The topological polar surface area (TPSA) is 110 Å². The molecule has 0 spiro atoms. The molecule has 1 saturated carbocycles. The largest absolute Gasteiger partial charge is 0.365 e. The van der Waals surface area contributed by atoms with Crippen LogP contribution in [0.2, 0.25) is 0 Å². The Hall–Kier alpha value is -2.95. The quantitative estimate of drug-likeness (QED) is 0.794. The minimum Gasteiger partial charge on any atom is -0.365 e. The van der Waals surface area contributed by atoms with Crippen LogP contribution in [0.5, 0.6) is 0 Å². The third-order valence-corrected chi connectivity index (χ3v) is 3.79. The van der Waals surface area contributed by atoms with Crippen LogP contribution in [0.4, 0.5) is 15.9 Å². The molecule has 3 rings (SSSR count). The average molecular weight is 314 g/mol. The van der Waals surface area contributed by atoms with Crippen molar-refractivity contribution in [3.63, 3.8) is 0 Å². The molecule has 8 heteroatoms. The fraction of sp³-hybridized carbons (Fsp3) is 0.333. The lowest BCUT2D eigenvalue weighted by atomic mass is 10.1. The summed E-state index contributed by atoms with van der Waals surface area (Å²) < 4.78 is 14.8. The molecule has 2 aromatic rings. The molecule has 0 bridgehead atoms. The molecule has 0 aromatic carbocycles. The smallest absolute Gasteiger partial charge is 0.254 e. The molecule has 0 saturated heterocycles. The zero-order valence-electron chi connectivity index (χ0n) is 12.2. The monoisotopic (exact) mass is 314 g/mol. The van der Waals surface area contributed by atoms with Crippen LogP contribution in [0, 0.1) is 23.2 Å². The summed E-state index contributed by atoms with van der Waals surface area (Å²) in [6.45, 7) is 0. The van der Waals surface area contributed by atoms with Gasteiger partial charge in [0.25, 0.3) is 5.91 Å². The summed E-state index contributed by atoms with van der Waals surface area (Å²) in [5.41, 5.74) is 6.00. The minimum absolute atomic E-state index is 0.0807. The van der Waals surface area contributed by atoms with Gasteiger partial charge in [-0.15, -0.1) is 0 Å². The van der Waals surface area contributed by atoms with E-state index in [1.54, 1.807) is 16.9 Å². The van der Waals surface area contributed by atoms with E-state index in [1.165, 1.54) is 12.3 Å². The third kappa shape index (κ3) is 3.29. The van der Waals surface area contributed by atoms with Crippen LogP contribution in [-0.4, -0.2) is 20.7 Å². The van der Waals surface area contributed by atoms with E-state index in [0.717, 1.165) is 12.8 Å². The molecule has 1 amide bonds. The number of carbonyl (C=O) groups excluding carboxylic acids is 1. The second-order valence-corrected chi connectivity index (χ2v) is 5.49. The van der Waals surface area contributed by atoms with Gasteiger partial charge in [0.15, 0.2) is 5.82 Å². The summed E-state index contributed by atoms with van der Waals surface area (Å²) >= 11 is 0. The standard InChI is InChI=1S/C15H15FN6O/c16-13-7-10(4-6-19-13)20-15-11(14(18)23)8-22(21-15)12(3-5-17)9-1-2-9/h4,6-9,12H,1-3H2,(H2,18,23)(H,19,20,21)/t12-/m1/s1. The lowest BCUT2D eigenvalue weighted by molar-refractivity contribution is 0.100. The Morgan fingerprint density at radius 1 is 1.61 bits per heavy atom. The van der Waals surface area contributed by atoms with Crippen molar-refractivity contribution >= 4 is 17.4 Å². The van der Waals surface area contributed by atoms with Gasteiger partial charge >= 0.3 is 0 Å². The van der Waals surface area contributed by atoms with Gasteiger partial charge in [-0.25, -0.2) is 4.98 Å². The summed E-state index contributed by atoms with van der Waals surface area (Å²) in [5, 5.41) is 16.2. The Labute approximate surface area is 131 Å². The predicted molar refractivity (Wildman–Crippen MR) is 80.2 cm³/mol. The first kappa shape index (κ1) is 15.0. The van der Waals surface area contributed by atoms with Crippen LogP contribution in [0.1, 0.15) is 35.7 Å². The molecule has 0 aliphatic heterocycles. The summed E-state index contributed by atoms with van der Waals surface area (Å²) in [6.07, 6.45) is 5.24. The Morgan fingerprint density at radius 2 is 2.39 bits per heavy atom. The fourth-order valence-corrected chi connectivity index (χ4v) is 2.50. The van der Waals surface area contributed by atoms with Crippen molar-refractivity contribution < 1.29 is 9.18 Å². The van der Waals surface area contributed by atoms with Crippen molar-refractivity contribution in [3.8, 4) is 6.07 Å². The molecule has 0 radical (unpaired) electrons. The molecule has 3 N–H and O–H groups in total. The summed E-state index contributed by atoms with van der Waals surface area (Å²) in [4.78, 5) is 15.1. The Kier molecular flexibility index (Phi) is 3.93. The molecular weight excluding hydrogens is 299 g/mol. The van der Waals surface area contributed by atoms with Gasteiger partial charge in [0.1, 0.15) is 5.56 Å². The van der Waals surface area contributed by atoms with Gasteiger partial charge in [0.05, 0.1) is 18.5 Å². The zero-order chi connectivity index (χ0) is 16.4. The van der Waals surface area contributed by atoms with Crippen LogP contribution in [-0.2, 0) is 0 Å². The van der Waals surface area contributed by atoms with Crippen LogP contribution < -0.4 is 11.1 Å². The van der Waals surface area contributed by atoms with Crippen LogP contribution >= 0.6 is 0 Å². The summed E-state index contributed by atoms with van der Waals surface area (Å²) in [6, 6.07) is 4.81. The highest BCUT2D eigenvalue weighted by Crippen LogP contribution is 2.41. The number of nitrogens with zero attached hydrogens (tertiary/aromatic N) is 4. The van der Waals surface area contributed by atoms with Crippen molar-refractivity contribution in [1.29, 1.82) is 5.26 Å². The van der Waals surface area contributed by atoms with E-state index in [0.29, 0.717) is 18.0 Å². The van der Waals surface area contributed by atoms with Gasteiger partial charge in [-0.3, -0.25) is 9.48 Å². The van der Waals surface area contributed by atoms with Crippen LogP contribution in [0.25, 0.3) is 0 Å². The van der Waals surface area contributed by atoms with E-state index >= 15 is 0 Å². The van der Waals surface area contributed by atoms with Crippen molar-refractivity contribution in [2.45, 2.75) is 25.3 Å². The van der Waals surface area contributed by atoms with E-state index in [1.807, 2.05) is 0 Å². The molecule has 1 fully saturated rings. The van der Waals surface area contributed by atoms with E-state index in [2.05, 4.69) is 21.5 Å². The van der Waals surface area contributed by atoms with Crippen molar-refractivity contribution in [2.75, 3.05) is 5.32 Å². The zero-order valence-corrected chi connectivity index (χ0v) is 12.2. The van der Waals surface area contributed by atoms with Crippen molar-refractivity contribution in [2.24, 2.45) is 11.7 Å². The molecule has 0 unspecified atom stereocenters. The molecular formula is C15H15FN6O. The number of pyridine rings is 1. The van der Waals surface area contributed by atoms with Crippen LogP contribution in [0.15, 0.2) is 24.5 Å². The second kappa shape index (κ2) is 6.04. The van der Waals surface area contributed by atoms with Gasteiger partial charge in [-0.1, -0.05) is 0 Å². The summed E-state index contributed by atoms with van der Waals surface area (Å²) in [5.74, 6) is -0.650. The number of carbonyl (C=O) groups is 1. The predicted octanol–water partition coefficient (Wildman–Crippen LogP) is 2.12. The van der Waals surface area contributed by atoms with Gasteiger partial charge < -0.3 is 11.1 Å². The normalized spacial score (nSPS) is 15.0. The number of nitriles is 1. The first-order valence-electron chi connectivity index (χ1n) is 7.23. The number of hydrogen-bond acceptors (Lipinski definition) is 5. The Morgan fingerprint density at radius 3 is 3.00 bits per heavy atom. The maximum absolute atomic E-state index is 13.2. The van der Waals surface area contributed by atoms with E-state index < -0.39 is 11.9 Å². The number of hydrogen-bond donors (Lipinski definition) is 2. The maximum Gasteiger partial charge on any atom is 0.254 e. The van der Waals surface area contributed by atoms with E-state index in [4.69, 9.17) is 11.0 Å². The maximum atomic E-state index is 13.2. The highest BCUT2D eigenvalue weighted by atomic mass is 19.1. The average Bonchev–Trinajstić information content (AvgIpc) is 3.25. The molecule has 1 aliphatic carbocycles. The van der Waals surface area contributed by atoms with Crippen molar-refractivity contribution in [1.82, 2.24) is 14.8 Å². The van der Waals surface area contributed by atoms with Crippen LogP contribution in [0.3, 0.4) is 0 Å². The summed E-state index contributed by atoms with van der Waals surface area (Å²) in [7, 11) is 0. The minimum atomic E-state index is -0.643. The van der Waals surface area contributed by atoms with Gasteiger partial charge in [0.2, 0.25) is 5.95 Å².